The number of halogens is 2. The number of rotatable bonds is 4. The molecule has 20 heavy (non-hydrogen) atoms. The van der Waals surface area contributed by atoms with Gasteiger partial charge in [0, 0.05) is 28.6 Å². The minimum absolute atomic E-state index is 0.180. The first kappa shape index (κ1) is 16.4. The van der Waals surface area contributed by atoms with Crippen molar-refractivity contribution in [1.29, 1.82) is 0 Å². The molecule has 0 radical (unpaired) electrons. The maximum atomic E-state index is 12.6. The molecule has 1 fully saturated rings. The van der Waals surface area contributed by atoms with Crippen molar-refractivity contribution in [1.82, 2.24) is 4.31 Å². The topological polar surface area (TPSA) is 46.6 Å². The Bertz CT molecular complexity index is 569. The van der Waals surface area contributed by atoms with E-state index in [2.05, 4.69) is 31.9 Å². The fourth-order valence-corrected chi connectivity index (χ4v) is 5.47. The van der Waals surface area contributed by atoms with Crippen LogP contribution in [-0.4, -0.2) is 38.5 Å². The largest absolute Gasteiger partial charge is 0.378 e. The van der Waals surface area contributed by atoms with Crippen molar-refractivity contribution in [3.05, 3.63) is 27.1 Å². The minimum Gasteiger partial charge on any atom is -0.378 e. The zero-order valence-corrected chi connectivity index (χ0v) is 15.2. The van der Waals surface area contributed by atoms with E-state index in [9.17, 15) is 8.42 Å². The molecule has 0 aliphatic carbocycles. The number of sulfonamides is 1. The van der Waals surface area contributed by atoms with Crippen LogP contribution in [0.2, 0.25) is 0 Å². The predicted molar refractivity (Wildman–Crippen MR) is 85.2 cm³/mol. The van der Waals surface area contributed by atoms with Gasteiger partial charge in [0.1, 0.15) is 0 Å². The molecule has 2 rings (SSSR count). The van der Waals surface area contributed by atoms with Crippen LogP contribution in [-0.2, 0) is 14.8 Å². The average molecular weight is 427 g/mol. The molecular weight excluding hydrogens is 410 g/mol. The van der Waals surface area contributed by atoms with Crippen molar-refractivity contribution in [2.75, 3.05) is 19.7 Å². The molecule has 0 amide bonds. The highest BCUT2D eigenvalue weighted by Crippen LogP contribution is 2.29. The van der Waals surface area contributed by atoms with Gasteiger partial charge in [-0.05, 0) is 53.9 Å². The zero-order chi connectivity index (χ0) is 14.8. The first-order valence-corrected chi connectivity index (χ1v) is 9.54. The Morgan fingerprint density at radius 3 is 2.50 bits per heavy atom. The number of hydrogen-bond donors (Lipinski definition) is 0. The van der Waals surface area contributed by atoms with Gasteiger partial charge in [-0.3, -0.25) is 0 Å². The summed E-state index contributed by atoms with van der Waals surface area (Å²) in [5.41, 5.74) is 0. The highest BCUT2D eigenvalue weighted by Gasteiger charge is 2.30. The summed E-state index contributed by atoms with van der Waals surface area (Å²) >= 11 is 6.65. The molecule has 1 aromatic carbocycles. The molecule has 1 aromatic rings. The van der Waals surface area contributed by atoms with E-state index < -0.39 is 10.0 Å². The Hall–Kier alpha value is 0.0500. The van der Waals surface area contributed by atoms with Gasteiger partial charge in [-0.25, -0.2) is 8.42 Å². The minimum atomic E-state index is -3.44. The summed E-state index contributed by atoms with van der Waals surface area (Å²) in [5.74, 6) is 0. The van der Waals surface area contributed by atoms with Gasteiger partial charge < -0.3 is 4.74 Å². The second kappa shape index (κ2) is 6.87. The lowest BCUT2D eigenvalue weighted by molar-refractivity contribution is 0.0290. The number of piperidine rings is 1. The van der Waals surface area contributed by atoms with E-state index in [1.807, 2.05) is 6.92 Å². The monoisotopic (exact) mass is 425 g/mol. The van der Waals surface area contributed by atoms with Crippen LogP contribution in [0.5, 0.6) is 0 Å². The molecule has 0 bridgehead atoms. The molecule has 4 nitrogen and oxygen atoms in total. The summed E-state index contributed by atoms with van der Waals surface area (Å²) in [6.45, 7) is 3.66. The molecule has 112 valence electrons. The maximum absolute atomic E-state index is 12.6. The van der Waals surface area contributed by atoms with E-state index in [1.54, 1.807) is 18.2 Å². The Morgan fingerprint density at radius 2 is 1.95 bits per heavy atom. The number of benzene rings is 1. The Balaban J connectivity index is 2.15. The lowest BCUT2D eigenvalue weighted by Gasteiger charge is -2.31. The third-order valence-corrected chi connectivity index (χ3v) is 6.68. The number of hydrogen-bond acceptors (Lipinski definition) is 3. The lowest BCUT2D eigenvalue weighted by atomic mass is 10.1. The maximum Gasteiger partial charge on any atom is 0.244 e. The van der Waals surface area contributed by atoms with Crippen LogP contribution in [0.25, 0.3) is 0 Å². The van der Waals surface area contributed by atoms with Crippen LogP contribution in [0.15, 0.2) is 32.0 Å². The lowest BCUT2D eigenvalue weighted by Crippen LogP contribution is -2.40. The molecule has 0 spiro atoms. The Kier molecular flexibility index (Phi) is 5.64. The molecule has 0 N–H and O–H groups in total. The van der Waals surface area contributed by atoms with Gasteiger partial charge >= 0.3 is 0 Å². The van der Waals surface area contributed by atoms with Crippen LogP contribution in [0.3, 0.4) is 0 Å². The smallest absolute Gasteiger partial charge is 0.244 e. The molecule has 0 saturated carbocycles. The highest BCUT2D eigenvalue weighted by atomic mass is 79.9. The summed E-state index contributed by atoms with van der Waals surface area (Å²) < 4.78 is 33.8. The average Bonchev–Trinajstić information content (AvgIpc) is 2.39. The van der Waals surface area contributed by atoms with Gasteiger partial charge in [-0.1, -0.05) is 15.9 Å². The molecule has 1 heterocycles. The normalized spacial score (nSPS) is 18.4. The van der Waals surface area contributed by atoms with E-state index in [0.717, 1.165) is 17.3 Å². The van der Waals surface area contributed by atoms with E-state index in [1.165, 1.54) is 4.31 Å². The molecule has 7 heteroatoms. The summed E-state index contributed by atoms with van der Waals surface area (Å²) in [5, 5.41) is 0. The van der Waals surface area contributed by atoms with Crippen LogP contribution >= 0.6 is 31.9 Å². The van der Waals surface area contributed by atoms with Gasteiger partial charge in [-0.2, -0.15) is 4.31 Å². The van der Waals surface area contributed by atoms with Crippen molar-refractivity contribution in [2.24, 2.45) is 0 Å². The molecule has 1 saturated heterocycles. The van der Waals surface area contributed by atoms with Crippen LogP contribution in [0, 0.1) is 0 Å². The van der Waals surface area contributed by atoms with Crippen molar-refractivity contribution in [2.45, 2.75) is 30.8 Å². The van der Waals surface area contributed by atoms with Crippen molar-refractivity contribution in [3.8, 4) is 0 Å². The number of ether oxygens (including phenoxy) is 1. The Morgan fingerprint density at radius 1 is 1.30 bits per heavy atom. The van der Waals surface area contributed by atoms with Gasteiger partial charge in [0.2, 0.25) is 10.0 Å². The molecular formula is C13H17Br2NO3S. The predicted octanol–water partition coefficient (Wildman–Crippen LogP) is 3.40. The van der Waals surface area contributed by atoms with Gasteiger partial charge in [0.25, 0.3) is 0 Å². The number of nitrogens with zero attached hydrogens (tertiary/aromatic N) is 1. The van der Waals surface area contributed by atoms with Crippen LogP contribution in [0.4, 0.5) is 0 Å². The molecule has 1 aliphatic rings. The fraction of sp³-hybridized carbons (Fsp3) is 0.538. The van der Waals surface area contributed by atoms with Crippen molar-refractivity contribution < 1.29 is 13.2 Å². The standard InChI is InChI=1S/C13H17Br2NO3S/c1-2-19-11-5-7-16(8-6-11)20(17,18)13-4-3-10(14)9-12(13)15/h3-4,9,11H,2,5-8H2,1H3. The second-order valence-corrected chi connectivity index (χ2v) is 8.31. The summed E-state index contributed by atoms with van der Waals surface area (Å²) in [7, 11) is -3.44. The van der Waals surface area contributed by atoms with E-state index >= 15 is 0 Å². The molecule has 0 atom stereocenters. The zero-order valence-electron chi connectivity index (χ0n) is 11.2. The van der Waals surface area contributed by atoms with Crippen molar-refractivity contribution >= 4 is 41.9 Å². The van der Waals surface area contributed by atoms with E-state index in [4.69, 9.17) is 4.74 Å². The van der Waals surface area contributed by atoms with E-state index in [-0.39, 0.29) is 6.10 Å². The SMILES string of the molecule is CCOC1CCN(S(=O)(=O)c2ccc(Br)cc2Br)CC1. The first-order chi connectivity index (χ1) is 9.45. The summed E-state index contributed by atoms with van der Waals surface area (Å²) in [4.78, 5) is 0.315. The second-order valence-electron chi connectivity index (χ2n) is 4.63. The fourth-order valence-electron chi connectivity index (χ4n) is 2.30. The third kappa shape index (κ3) is 3.62. The summed E-state index contributed by atoms with van der Waals surface area (Å²) in [6, 6.07) is 5.11. The van der Waals surface area contributed by atoms with Gasteiger partial charge in [0.15, 0.2) is 0 Å². The highest BCUT2D eigenvalue weighted by molar-refractivity contribution is 9.11. The Labute approximate surface area is 136 Å². The third-order valence-electron chi connectivity index (χ3n) is 3.32. The molecule has 0 unspecified atom stereocenters. The van der Waals surface area contributed by atoms with Gasteiger partial charge in [0.05, 0.1) is 11.0 Å². The van der Waals surface area contributed by atoms with Crippen molar-refractivity contribution in [3.63, 3.8) is 0 Å². The quantitative estimate of drug-likeness (QED) is 0.741. The molecule has 0 aromatic heterocycles. The van der Waals surface area contributed by atoms with E-state index in [0.29, 0.717) is 29.1 Å². The summed E-state index contributed by atoms with van der Waals surface area (Å²) in [6.07, 6.45) is 1.68. The van der Waals surface area contributed by atoms with Crippen LogP contribution < -0.4 is 0 Å². The van der Waals surface area contributed by atoms with Gasteiger partial charge in [-0.15, -0.1) is 0 Å². The molecule has 1 aliphatic heterocycles. The first-order valence-electron chi connectivity index (χ1n) is 6.52. The van der Waals surface area contributed by atoms with Crippen LogP contribution in [0.1, 0.15) is 19.8 Å².